The second-order valence-electron chi connectivity index (χ2n) is 5.71. The van der Waals surface area contributed by atoms with E-state index in [1.54, 1.807) is 18.3 Å². The highest BCUT2D eigenvalue weighted by molar-refractivity contribution is 7.20. The summed E-state index contributed by atoms with van der Waals surface area (Å²) in [4.78, 5) is 17.7. The molecule has 0 aliphatic carbocycles. The van der Waals surface area contributed by atoms with Crippen LogP contribution in [0.5, 0.6) is 0 Å². The summed E-state index contributed by atoms with van der Waals surface area (Å²) in [6.45, 7) is 1.73. The first-order chi connectivity index (χ1) is 12.3. The maximum atomic E-state index is 12.6. The summed E-state index contributed by atoms with van der Waals surface area (Å²) in [6.07, 6.45) is -4.23. The summed E-state index contributed by atoms with van der Waals surface area (Å²) < 4.78 is 37.8. The SMILES string of the molecule is CC(NC(=O)Cc1csc(-c2cccs2)n1)c1ccc(C(F)(F)F)cc1. The van der Waals surface area contributed by atoms with Crippen LogP contribution in [0.25, 0.3) is 9.88 Å². The van der Waals surface area contributed by atoms with Gasteiger partial charge in [-0.25, -0.2) is 4.98 Å². The summed E-state index contributed by atoms with van der Waals surface area (Å²) in [5, 5.41) is 7.48. The van der Waals surface area contributed by atoms with Crippen molar-refractivity contribution in [1.29, 1.82) is 0 Å². The molecule has 2 heterocycles. The smallest absolute Gasteiger partial charge is 0.349 e. The number of hydrogen-bond donors (Lipinski definition) is 1. The van der Waals surface area contributed by atoms with Crippen molar-refractivity contribution in [3.8, 4) is 9.88 Å². The van der Waals surface area contributed by atoms with Gasteiger partial charge in [-0.05, 0) is 36.1 Å². The minimum atomic E-state index is -4.37. The van der Waals surface area contributed by atoms with Crippen molar-refractivity contribution in [2.75, 3.05) is 0 Å². The maximum absolute atomic E-state index is 12.6. The highest BCUT2D eigenvalue weighted by Crippen LogP contribution is 2.30. The molecule has 0 spiro atoms. The number of thiophene rings is 1. The van der Waals surface area contributed by atoms with Crippen LogP contribution in [0.4, 0.5) is 13.2 Å². The molecule has 136 valence electrons. The molecular weight excluding hydrogens is 381 g/mol. The van der Waals surface area contributed by atoms with Gasteiger partial charge in [-0.3, -0.25) is 4.79 Å². The second-order valence-corrected chi connectivity index (χ2v) is 7.51. The van der Waals surface area contributed by atoms with Gasteiger partial charge in [-0.2, -0.15) is 13.2 Å². The standard InChI is InChI=1S/C18H15F3N2OS2/c1-11(12-4-6-13(7-5-12)18(19,20)21)22-16(24)9-14-10-26-17(23-14)15-3-2-8-25-15/h2-8,10-11H,9H2,1H3,(H,22,24). The van der Waals surface area contributed by atoms with Crippen LogP contribution in [0, 0.1) is 0 Å². The first kappa shape index (κ1) is 18.6. The van der Waals surface area contributed by atoms with E-state index in [1.165, 1.54) is 23.5 Å². The molecule has 1 aromatic carbocycles. The van der Waals surface area contributed by atoms with Gasteiger partial charge in [0.25, 0.3) is 0 Å². The molecule has 1 atom stereocenters. The average Bonchev–Trinajstić information content (AvgIpc) is 3.25. The summed E-state index contributed by atoms with van der Waals surface area (Å²) >= 11 is 3.07. The number of benzene rings is 1. The number of nitrogens with zero attached hydrogens (tertiary/aromatic N) is 1. The van der Waals surface area contributed by atoms with Gasteiger partial charge in [-0.1, -0.05) is 18.2 Å². The molecule has 1 amide bonds. The van der Waals surface area contributed by atoms with Crippen LogP contribution >= 0.6 is 22.7 Å². The molecule has 0 radical (unpaired) electrons. The Bertz CT molecular complexity index is 871. The van der Waals surface area contributed by atoms with Crippen molar-refractivity contribution in [3.63, 3.8) is 0 Å². The Hall–Kier alpha value is -2.19. The summed E-state index contributed by atoms with van der Waals surface area (Å²) in [5.41, 5.74) is 0.586. The van der Waals surface area contributed by atoms with Gasteiger partial charge in [0.2, 0.25) is 5.91 Å². The minimum absolute atomic E-state index is 0.132. The van der Waals surface area contributed by atoms with Crippen molar-refractivity contribution in [3.05, 3.63) is 64.0 Å². The molecule has 0 bridgehead atoms. The van der Waals surface area contributed by atoms with Gasteiger partial charge < -0.3 is 5.32 Å². The van der Waals surface area contributed by atoms with E-state index < -0.39 is 11.7 Å². The molecular formula is C18H15F3N2OS2. The van der Waals surface area contributed by atoms with E-state index in [0.29, 0.717) is 11.3 Å². The number of carbonyl (C=O) groups excluding carboxylic acids is 1. The molecule has 1 unspecified atom stereocenters. The quantitative estimate of drug-likeness (QED) is 0.635. The molecule has 0 fully saturated rings. The van der Waals surface area contributed by atoms with Gasteiger partial charge in [0.1, 0.15) is 5.01 Å². The third kappa shape index (κ3) is 4.50. The van der Waals surface area contributed by atoms with Crippen molar-refractivity contribution in [1.82, 2.24) is 10.3 Å². The minimum Gasteiger partial charge on any atom is -0.349 e. The van der Waals surface area contributed by atoms with E-state index in [-0.39, 0.29) is 18.4 Å². The fraction of sp³-hybridized carbons (Fsp3) is 0.222. The number of nitrogens with one attached hydrogen (secondary N) is 1. The number of thiazole rings is 1. The molecule has 0 saturated heterocycles. The van der Waals surface area contributed by atoms with E-state index >= 15 is 0 Å². The lowest BCUT2D eigenvalue weighted by Gasteiger charge is -2.15. The summed E-state index contributed by atoms with van der Waals surface area (Å²) in [7, 11) is 0. The molecule has 1 N–H and O–H groups in total. The van der Waals surface area contributed by atoms with Crippen molar-refractivity contribution in [2.45, 2.75) is 25.6 Å². The number of hydrogen-bond acceptors (Lipinski definition) is 4. The lowest BCUT2D eigenvalue weighted by atomic mass is 10.1. The highest BCUT2D eigenvalue weighted by atomic mass is 32.1. The lowest BCUT2D eigenvalue weighted by molar-refractivity contribution is -0.137. The van der Waals surface area contributed by atoms with Crippen LogP contribution < -0.4 is 5.32 Å². The average molecular weight is 396 g/mol. The predicted octanol–water partition coefficient (Wildman–Crippen LogP) is 5.31. The lowest BCUT2D eigenvalue weighted by Crippen LogP contribution is -2.28. The van der Waals surface area contributed by atoms with Gasteiger partial charge in [0, 0.05) is 5.38 Å². The van der Waals surface area contributed by atoms with Crippen LogP contribution in [0.15, 0.2) is 47.2 Å². The van der Waals surface area contributed by atoms with Gasteiger partial charge in [-0.15, -0.1) is 22.7 Å². The zero-order valence-electron chi connectivity index (χ0n) is 13.7. The monoisotopic (exact) mass is 396 g/mol. The third-order valence-corrected chi connectivity index (χ3v) is 5.67. The highest BCUT2D eigenvalue weighted by Gasteiger charge is 2.30. The number of amides is 1. The number of rotatable bonds is 5. The molecule has 8 heteroatoms. The molecule has 26 heavy (non-hydrogen) atoms. The van der Waals surface area contributed by atoms with Crippen LogP contribution in [-0.2, 0) is 17.4 Å². The van der Waals surface area contributed by atoms with E-state index in [2.05, 4.69) is 10.3 Å². The topological polar surface area (TPSA) is 42.0 Å². The van der Waals surface area contributed by atoms with E-state index in [9.17, 15) is 18.0 Å². The number of carbonyl (C=O) groups is 1. The summed E-state index contributed by atoms with van der Waals surface area (Å²) in [6, 6.07) is 8.33. The predicted molar refractivity (Wildman–Crippen MR) is 97.1 cm³/mol. The van der Waals surface area contributed by atoms with Crippen molar-refractivity contribution >= 4 is 28.6 Å². The molecule has 3 aromatic rings. The molecule has 2 aromatic heterocycles. The van der Waals surface area contributed by atoms with Crippen LogP contribution in [0.1, 0.15) is 29.8 Å². The van der Waals surface area contributed by atoms with Gasteiger partial charge >= 0.3 is 6.18 Å². The summed E-state index contributed by atoms with van der Waals surface area (Å²) in [5.74, 6) is -0.222. The number of alkyl halides is 3. The van der Waals surface area contributed by atoms with Crippen LogP contribution in [-0.4, -0.2) is 10.9 Å². The van der Waals surface area contributed by atoms with E-state index in [4.69, 9.17) is 0 Å². The Morgan fingerprint density at radius 3 is 2.54 bits per heavy atom. The fourth-order valence-corrected chi connectivity index (χ4v) is 4.04. The molecule has 0 aliphatic rings. The Labute approximate surface area is 156 Å². The van der Waals surface area contributed by atoms with E-state index in [1.807, 2.05) is 22.9 Å². The van der Waals surface area contributed by atoms with Crippen molar-refractivity contribution < 1.29 is 18.0 Å². The molecule has 3 rings (SSSR count). The van der Waals surface area contributed by atoms with Crippen LogP contribution in [0.3, 0.4) is 0 Å². The number of halogens is 3. The number of aromatic nitrogens is 1. The molecule has 3 nitrogen and oxygen atoms in total. The Morgan fingerprint density at radius 2 is 1.92 bits per heavy atom. The maximum Gasteiger partial charge on any atom is 0.416 e. The molecule has 0 saturated carbocycles. The largest absolute Gasteiger partial charge is 0.416 e. The zero-order valence-corrected chi connectivity index (χ0v) is 15.3. The second kappa shape index (κ2) is 7.59. The third-order valence-electron chi connectivity index (χ3n) is 3.74. The first-order valence-corrected chi connectivity index (χ1v) is 9.53. The Morgan fingerprint density at radius 1 is 1.19 bits per heavy atom. The fourth-order valence-electron chi connectivity index (χ4n) is 2.40. The Balaban J connectivity index is 1.59. The van der Waals surface area contributed by atoms with Gasteiger partial charge in [0.05, 0.1) is 28.6 Å². The van der Waals surface area contributed by atoms with Crippen LogP contribution in [0.2, 0.25) is 0 Å². The van der Waals surface area contributed by atoms with Gasteiger partial charge in [0.15, 0.2) is 0 Å². The Kier molecular flexibility index (Phi) is 5.43. The first-order valence-electron chi connectivity index (χ1n) is 7.78. The van der Waals surface area contributed by atoms with E-state index in [0.717, 1.165) is 22.0 Å². The molecule has 0 aliphatic heterocycles. The zero-order chi connectivity index (χ0) is 18.7. The normalized spacial score (nSPS) is 12.8. The van der Waals surface area contributed by atoms with Crippen molar-refractivity contribution in [2.24, 2.45) is 0 Å².